The maximum absolute atomic E-state index is 13.9. The Labute approximate surface area is 157 Å². The fraction of sp³-hybridized carbons (Fsp3) is 0.333. The number of aromatic amines is 1. The van der Waals surface area contributed by atoms with Gasteiger partial charge in [0.1, 0.15) is 5.82 Å². The van der Waals surface area contributed by atoms with Crippen LogP contribution >= 0.6 is 0 Å². The van der Waals surface area contributed by atoms with Crippen LogP contribution in [0.15, 0.2) is 48.7 Å². The van der Waals surface area contributed by atoms with Crippen molar-refractivity contribution < 1.29 is 9.18 Å². The molecule has 0 spiro atoms. The Kier molecular flexibility index (Phi) is 4.90. The van der Waals surface area contributed by atoms with Crippen LogP contribution in [-0.2, 0) is 0 Å². The van der Waals surface area contributed by atoms with Gasteiger partial charge >= 0.3 is 0 Å². The molecule has 140 valence electrons. The lowest BCUT2D eigenvalue weighted by Gasteiger charge is -2.34. The van der Waals surface area contributed by atoms with Gasteiger partial charge in [-0.3, -0.25) is 9.89 Å². The highest BCUT2D eigenvalue weighted by atomic mass is 19.1. The first kappa shape index (κ1) is 17.7. The molecule has 0 bridgehead atoms. The van der Waals surface area contributed by atoms with Gasteiger partial charge in [0, 0.05) is 30.6 Å². The zero-order valence-corrected chi connectivity index (χ0v) is 15.3. The summed E-state index contributed by atoms with van der Waals surface area (Å²) in [5.41, 5.74) is 2.40. The molecule has 1 aliphatic rings. The van der Waals surface area contributed by atoms with Gasteiger partial charge in [-0.2, -0.15) is 5.10 Å². The first-order valence-corrected chi connectivity index (χ1v) is 9.35. The van der Waals surface area contributed by atoms with Crippen molar-refractivity contribution in [2.75, 3.05) is 13.1 Å². The fourth-order valence-electron chi connectivity index (χ4n) is 3.87. The van der Waals surface area contributed by atoms with Crippen LogP contribution < -0.4 is 5.32 Å². The maximum atomic E-state index is 13.9. The van der Waals surface area contributed by atoms with Gasteiger partial charge in [0.25, 0.3) is 5.91 Å². The molecule has 1 atom stereocenters. The van der Waals surface area contributed by atoms with Crippen LogP contribution in [0.3, 0.4) is 0 Å². The number of benzene rings is 2. The van der Waals surface area contributed by atoms with E-state index in [2.05, 4.69) is 28.5 Å². The Morgan fingerprint density at radius 1 is 1.22 bits per heavy atom. The number of nitrogens with zero attached hydrogens (tertiary/aromatic N) is 2. The number of carbonyl (C=O) groups is 1. The molecule has 0 radical (unpaired) electrons. The third-order valence-electron chi connectivity index (χ3n) is 5.36. The topological polar surface area (TPSA) is 61.0 Å². The van der Waals surface area contributed by atoms with Gasteiger partial charge in [0.2, 0.25) is 0 Å². The Balaban J connectivity index is 1.38. The predicted molar refractivity (Wildman–Crippen MR) is 103 cm³/mol. The first-order valence-electron chi connectivity index (χ1n) is 9.35. The third-order valence-corrected chi connectivity index (χ3v) is 5.36. The van der Waals surface area contributed by atoms with Gasteiger partial charge in [-0.05, 0) is 43.5 Å². The van der Waals surface area contributed by atoms with E-state index >= 15 is 0 Å². The molecule has 1 saturated heterocycles. The largest absolute Gasteiger partial charge is 0.338 e. The van der Waals surface area contributed by atoms with E-state index in [-0.39, 0.29) is 17.5 Å². The second-order valence-corrected chi connectivity index (χ2v) is 7.11. The highest BCUT2D eigenvalue weighted by Gasteiger charge is 2.26. The standard InChI is InChI=1S/C21H23FN4O/c1-14(16-6-4-8-20-18(16)13-23-25-20)24-15-9-11-26(12-10-15)21(27)17-5-2-3-7-19(17)22/h2-8,13-15,24H,9-12H2,1H3,(H,23,25). The molecule has 1 unspecified atom stereocenters. The minimum Gasteiger partial charge on any atom is -0.338 e. The molecular weight excluding hydrogens is 343 g/mol. The van der Waals surface area contributed by atoms with Crippen LogP contribution in [0.5, 0.6) is 0 Å². The highest BCUT2D eigenvalue weighted by molar-refractivity contribution is 5.94. The number of likely N-dealkylation sites (tertiary alicyclic amines) is 1. The van der Waals surface area contributed by atoms with E-state index in [9.17, 15) is 9.18 Å². The molecule has 27 heavy (non-hydrogen) atoms. The smallest absolute Gasteiger partial charge is 0.256 e. The van der Waals surface area contributed by atoms with Crippen molar-refractivity contribution in [2.24, 2.45) is 0 Å². The number of fused-ring (bicyclic) bond motifs is 1. The van der Waals surface area contributed by atoms with Crippen molar-refractivity contribution in [2.45, 2.75) is 31.8 Å². The normalized spacial score (nSPS) is 16.6. The quantitative estimate of drug-likeness (QED) is 0.741. The summed E-state index contributed by atoms with van der Waals surface area (Å²) < 4.78 is 13.9. The molecule has 5 nitrogen and oxygen atoms in total. The molecule has 1 amide bonds. The van der Waals surface area contributed by atoms with E-state index in [4.69, 9.17) is 0 Å². The fourth-order valence-corrected chi connectivity index (χ4v) is 3.87. The molecule has 0 saturated carbocycles. The Bertz CT molecular complexity index is 946. The number of nitrogens with one attached hydrogen (secondary N) is 2. The summed E-state index contributed by atoms with van der Waals surface area (Å²) >= 11 is 0. The van der Waals surface area contributed by atoms with Crippen molar-refractivity contribution in [1.82, 2.24) is 20.4 Å². The lowest BCUT2D eigenvalue weighted by atomic mass is 9.99. The molecule has 2 aromatic carbocycles. The van der Waals surface area contributed by atoms with Crippen LogP contribution in [0, 0.1) is 5.82 Å². The zero-order valence-electron chi connectivity index (χ0n) is 15.3. The molecule has 1 aliphatic heterocycles. The number of carbonyl (C=O) groups excluding carboxylic acids is 1. The molecule has 2 heterocycles. The SMILES string of the molecule is CC(NC1CCN(C(=O)c2ccccc2F)CC1)c1cccc2[nH]ncc12. The molecule has 1 aromatic heterocycles. The van der Waals surface area contributed by atoms with Crippen molar-refractivity contribution in [3.05, 3.63) is 65.6 Å². The molecule has 0 aliphatic carbocycles. The van der Waals surface area contributed by atoms with Gasteiger partial charge in [-0.1, -0.05) is 24.3 Å². The lowest BCUT2D eigenvalue weighted by Crippen LogP contribution is -2.45. The van der Waals surface area contributed by atoms with Crippen molar-refractivity contribution in [1.29, 1.82) is 0 Å². The van der Waals surface area contributed by atoms with Crippen molar-refractivity contribution in [3.63, 3.8) is 0 Å². The Morgan fingerprint density at radius 3 is 2.78 bits per heavy atom. The third kappa shape index (κ3) is 3.57. The number of hydrogen-bond donors (Lipinski definition) is 2. The number of aromatic nitrogens is 2. The second kappa shape index (κ2) is 7.48. The summed E-state index contributed by atoms with van der Waals surface area (Å²) in [6, 6.07) is 12.9. The summed E-state index contributed by atoms with van der Waals surface area (Å²) in [5.74, 6) is -0.674. The number of hydrogen-bond acceptors (Lipinski definition) is 3. The predicted octanol–water partition coefficient (Wildman–Crippen LogP) is 3.66. The van der Waals surface area contributed by atoms with Gasteiger partial charge < -0.3 is 10.2 Å². The minimum absolute atomic E-state index is 0.156. The van der Waals surface area contributed by atoms with E-state index in [1.165, 1.54) is 11.6 Å². The van der Waals surface area contributed by atoms with Crippen LogP contribution in [-0.4, -0.2) is 40.1 Å². The van der Waals surface area contributed by atoms with Gasteiger partial charge in [-0.15, -0.1) is 0 Å². The monoisotopic (exact) mass is 366 g/mol. The molecule has 4 rings (SSSR count). The van der Waals surface area contributed by atoms with Crippen LogP contribution in [0.4, 0.5) is 4.39 Å². The number of rotatable bonds is 4. The van der Waals surface area contributed by atoms with Crippen molar-refractivity contribution >= 4 is 16.8 Å². The van der Waals surface area contributed by atoms with Crippen molar-refractivity contribution in [3.8, 4) is 0 Å². The van der Waals surface area contributed by atoms with Gasteiger partial charge in [0.15, 0.2) is 0 Å². The average Bonchev–Trinajstić information content (AvgIpc) is 3.17. The Hall–Kier alpha value is -2.73. The Morgan fingerprint density at radius 2 is 2.00 bits per heavy atom. The van der Waals surface area contributed by atoms with Gasteiger partial charge in [0.05, 0.1) is 17.3 Å². The molecular formula is C21H23FN4O. The minimum atomic E-state index is -0.454. The number of H-pyrrole nitrogens is 1. The summed E-state index contributed by atoms with van der Waals surface area (Å²) in [5, 5.41) is 11.9. The molecule has 1 fully saturated rings. The van der Waals surface area contributed by atoms with E-state index < -0.39 is 5.82 Å². The summed E-state index contributed by atoms with van der Waals surface area (Å²) in [6.07, 6.45) is 3.57. The van der Waals surface area contributed by atoms with E-state index in [0.29, 0.717) is 19.1 Å². The lowest BCUT2D eigenvalue weighted by molar-refractivity contribution is 0.0697. The van der Waals surface area contributed by atoms with Gasteiger partial charge in [-0.25, -0.2) is 4.39 Å². The van der Waals surface area contributed by atoms with Crippen LogP contribution in [0.1, 0.15) is 41.7 Å². The highest BCUT2D eigenvalue weighted by Crippen LogP contribution is 2.24. The van der Waals surface area contributed by atoms with E-state index in [1.54, 1.807) is 23.1 Å². The summed E-state index contributed by atoms with van der Waals surface area (Å²) in [7, 11) is 0. The first-order chi connectivity index (χ1) is 13.1. The van der Waals surface area contributed by atoms with Crippen LogP contribution in [0.2, 0.25) is 0 Å². The molecule has 6 heteroatoms. The number of amides is 1. The summed E-state index contributed by atoms with van der Waals surface area (Å²) in [4.78, 5) is 14.3. The van der Waals surface area contributed by atoms with E-state index in [0.717, 1.165) is 23.7 Å². The number of piperidine rings is 1. The van der Waals surface area contributed by atoms with Crippen LogP contribution in [0.25, 0.3) is 10.9 Å². The average molecular weight is 366 g/mol. The second-order valence-electron chi connectivity index (χ2n) is 7.11. The molecule has 2 N–H and O–H groups in total. The van der Waals surface area contributed by atoms with E-state index in [1.807, 2.05) is 18.3 Å². The zero-order chi connectivity index (χ0) is 18.8. The number of halogens is 1. The molecule has 3 aromatic rings. The summed E-state index contributed by atoms with van der Waals surface area (Å²) in [6.45, 7) is 3.42. The maximum Gasteiger partial charge on any atom is 0.256 e.